The highest BCUT2D eigenvalue weighted by molar-refractivity contribution is 5.85. The standard InChI is InChI=1S/C27H36N2O/c1-4-6-17-27(30,18-7-5-2)24-19-22-21-15-11-12-16-23(21)28-25(22)26(29(24)3)20-13-9-8-10-14-20/h8-16,24,26,28,30H,4-7,17-19H2,1-3H3/t24-,26+/m0/s1. The SMILES string of the molecule is CCCCC(O)(CCCC)[C@@H]1Cc2c([nH]c3ccccc23)[C@@H](c2ccccc2)N1C. The first-order chi connectivity index (χ1) is 14.6. The molecule has 0 unspecified atom stereocenters. The van der Waals surface area contributed by atoms with Crippen LogP contribution in [0.4, 0.5) is 0 Å². The number of aromatic amines is 1. The normalized spacial score (nSPS) is 19.9. The first-order valence-corrected chi connectivity index (χ1v) is 11.7. The topological polar surface area (TPSA) is 39.3 Å². The summed E-state index contributed by atoms with van der Waals surface area (Å²) in [6.07, 6.45) is 7.01. The van der Waals surface area contributed by atoms with Crippen molar-refractivity contribution in [1.29, 1.82) is 0 Å². The average molecular weight is 405 g/mol. The molecule has 1 aliphatic heterocycles. The Hall–Kier alpha value is -2.10. The summed E-state index contributed by atoms with van der Waals surface area (Å²) in [7, 11) is 2.21. The molecule has 1 aromatic heterocycles. The Labute approximate surface area is 181 Å². The summed E-state index contributed by atoms with van der Waals surface area (Å²) in [6, 6.07) is 19.6. The molecule has 2 N–H and O–H groups in total. The Balaban J connectivity index is 1.83. The molecule has 2 atom stereocenters. The van der Waals surface area contributed by atoms with E-state index in [0.717, 1.165) is 44.9 Å². The second-order valence-electron chi connectivity index (χ2n) is 9.07. The number of likely N-dealkylation sites (N-methyl/N-ethyl adjacent to an activating group) is 1. The average Bonchev–Trinajstić information content (AvgIpc) is 3.14. The minimum absolute atomic E-state index is 0.104. The van der Waals surface area contributed by atoms with Gasteiger partial charge in [0.1, 0.15) is 0 Å². The van der Waals surface area contributed by atoms with Crippen LogP contribution in [0.15, 0.2) is 54.6 Å². The van der Waals surface area contributed by atoms with Crippen LogP contribution in [0, 0.1) is 0 Å². The van der Waals surface area contributed by atoms with Crippen LogP contribution < -0.4 is 0 Å². The van der Waals surface area contributed by atoms with Crippen LogP contribution in [0.1, 0.15) is 75.2 Å². The smallest absolute Gasteiger partial charge is 0.0805 e. The van der Waals surface area contributed by atoms with Crippen LogP contribution in [0.2, 0.25) is 0 Å². The van der Waals surface area contributed by atoms with Crippen molar-refractivity contribution in [3.63, 3.8) is 0 Å². The highest BCUT2D eigenvalue weighted by Crippen LogP contribution is 2.44. The van der Waals surface area contributed by atoms with E-state index < -0.39 is 5.60 Å². The molecule has 0 bridgehead atoms. The first-order valence-electron chi connectivity index (χ1n) is 11.7. The molecule has 0 fully saturated rings. The number of hydrogen-bond donors (Lipinski definition) is 2. The lowest BCUT2D eigenvalue weighted by Gasteiger charge is -2.48. The molecule has 160 valence electrons. The fraction of sp³-hybridized carbons (Fsp3) is 0.481. The predicted molar refractivity (Wildman–Crippen MR) is 126 cm³/mol. The fourth-order valence-electron chi connectivity index (χ4n) is 5.43. The van der Waals surface area contributed by atoms with Crippen molar-refractivity contribution in [3.8, 4) is 0 Å². The number of aromatic nitrogens is 1. The van der Waals surface area contributed by atoms with Crippen LogP contribution >= 0.6 is 0 Å². The molecular formula is C27H36N2O. The maximum atomic E-state index is 12.0. The zero-order chi connectivity index (χ0) is 21.1. The molecule has 2 heterocycles. The molecule has 3 aromatic rings. The maximum Gasteiger partial charge on any atom is 0.0805 e. The summed E-state index contributed by atoms with van der Waals surface area (Å²) in [5.41, 5.74) is 4.49. The van der Waals surface area contributed by atoms with E-state index in [1.165, 1.54) is 27.7 Å². The first kappa shape index (κ1) is 21.1. The van der Waals surface area contributed by atoms with Gasteiger partial charge in [0.05, 0.1) is 11.6 Å². The zero-order valence-electron chi connectivity index (χ0n) is 18.7. The van der Waals surface area contributed by atoms with Crippen molar-refractivity contribution < 1.29 is 5.11 Å². The van der Waals surface area contributed by atoms with Crippen molar-refractivity contribution >= 4 is 10.9 Å². The molecule has 0 saturated heterocycles. The molecular weight excluding hydrogens is 368 g/mol. The Morgan fingerprint density at radius 2 is 1.60 bits per heavy atom. The summed E-state index contributed by atoms with van der Waals surface area (Å²) in [4.78, 5) is 6.17. The molecule has 0 aliphatic carbocycles. The van der Waals surface area contributed by atoms with E-state index >= 15 is 0 Å². The predicted octanol–water partition coefficient (Wildman–Crippen LogP) is 6.23. The van der Waals surface area contributed by atoms with E-state index in [1.807, 2.05) is 0 Å². The number of aliphatic hydroxyl groups is 1. The van der Waals surface area contributed by atoms with Gasteiger partial charge in [-0.15, -0.1) is 0 Å². The highest BCUT2D eigenvalue weighted by Gasteiger charge is 2.45. The Morgan fingerprint density at radius 1 is 0.967 bits per heavy atom. The summed E-state index contributed by atoms with van der Waals surface area (Å²) in [5, 5.41) is 13.3. The van der Waals surface area contributed by atoms with E-state index in [2.05, 4.69) is 85.4 Å². The molecule has 0 saturated carbocycles. The van der Waals surface area contributed by atoms with Gasteiger partial charge in [0.25, 0.3) is 0 Å². The zero-order valence-corrected chi connectivity index (χ0v) is 18.7. The Morgan fingerprint density at radius 3 is 2.27 bits per heavy atom. The molecule has 3 nitrogen and oxygen atoms in total. The summed E-state index contributed by atoms with van der Waals surface area (Å²) in [6.45, 7) is 4.44. The number of nitrogens with one attached hydrogen (secondary N) is 1. The fourth-order valence-corrected chi connectivity index (χ4v) is 5.43. The van der Waals surface area contributed by atoms with Crippen LogP contribution in [0.3, 0.4) is 0 Å². The second-order valence-corrected chi connectivity index (χ2v) is 9.07. The third kappa shape index (κ3) is 3.81. The van der Waals surface area contributed by atoms with Crippen molar-refractivity contribution in [2.24, 2.45) is 0 Å². The number of hydrogen-bond acceptors (Lipinski definition) is 2. The third-order valence-corrected chi connectivity index (χ3v) is 7.08. The van der Waals surface area contributed by atoms with Gasteiger partial charge in [0, 0.05) is 22.6 Å². The van der Waals surface area contributed by atoms with Crippen LogP contribution in [0.25, 0.3) is 10.9 Å². The number of fused-ring (bicyclic) bond motifs is 3. The molecule has 0 radical (unpaired) electrons. The Kier molecular flexibility index (Phi) is 6.31. The van der Waals surface area contributed by atoms with E-state index in [1.54, 1.807) is 0 Å². The number of para-hydroxylation sites is 1. The third-order valence-electron chi connectivity index (χ3n) is 7.08. The van der Waals surface area contributed by atoms with Crippen molar-refractivity contribution in [2.45, 2.75) is 76.5 Å². The van der Waals surface area contributed by atoms with E-state index in [-0.39, 0.29) is 12.1 Å². The van der Waals surface area contributed by atoms with Gasteiger partial charge in [0.2, 0.25) is 0 Å². The summed E-state index contributed by atoms with van der Waals surface area (Å²) in [5.74, 6) is 0. The monoisotopic (exact) mass is 404 g/mol. The van der Waals surface area contributed by atoms with E-state index in [0.29, 0.717) is 0 Å². The van der Waals surface area contributed by atoms with E-state index in [4.69, 9.17) is 0 Å². The van der Waals surface area contributed by atoms with E-state index in [9.17, 15) is 5.11 Å². The second kappa shape index (κ2) is 8.95. The lowest BCUT2D eigenvalue weighted by atomic mass is 9.76. The number of benzene rings is 2. The van der Waals surface area contributed by atoms with Gasteiger partial charge >= 0.3 is 0 Å². The van der Waals surface area contributed by atoms with Gasteiger partial charge in [-0.25, -0.2) is 0 Å². The van der Waals surface area contributed by atoms with Crippen molar-refractivity contribution in [3.05, 3.63) is 71.4 Å². The van der Waals surface area contributed by atoms with Crippen molar-refractivity contribution in [1.82, 2.24) is 9.88 Å². The molecule has 2 aromatic carbocycles. The number of rotatable bonds is 8. The molecule has 0 amide bonds. The lowest BCUT2D eigenvalue weighted by Crippen LogP contribution is -2.56. The van der Waals surface area contributed by atoms with Gasteiger partial charge in [-0.05, 0) is 43.5 Å². The van der Waals surface area contributed by atoms with Crippen molar-refractivity contribution in [2.75, 3.05) is 7.05 Å². The minimum atomic E-state index is -0.663. The number of unbranched alkanes of at least 4 members (excludes halogenated alkanes) is 2. The van der Waals surface area contributed by atoms with Gasteiger partial charge in [0.15, 0.2) is 0 Å². The van der Waals surface area contributed by atoms with Gasteiger partial charge in [-0.3, -0.25) is 4.90 Å². The quantitative estimate of drug-likeness (QED) is 0.467. The molecule has 1 aliphatic rings. The largest absolute Gasteiger partial charge is 0.388 e. The number of H-pyrrole nitrogens is 1. The van der Waals surface area contributed by atoms with Gasteiger partial charge in [-0.1, -0.05) is 88.1 Å². The summed E-state index contributed by atoms with van der Waals surface area (Å²) < 4.78 is 0. The van der Waals surface area contributed by atoms with Crippen LogP contribution in [-0.4, -0.2) is 33.7 Å². The number of nitrogens with zero attached hydrogens (tertiary/aromatic N) is 1. The highest BCUT2D eigenvalue weighted by atomic mass is 16.3. The van der Waals surface area contributed by atoms with Gasteiger partial charge < -0.3 is 10.1 Å². The summed E-state index contributed by atoms with van der Waals surface area (Å²) >= 11 is 0. The Bertz CT molecular complexity index is 953. The van der Waals surface area contributed by atoms with Crippen LogP contribution in [0.5, 0.6) is 0 Å². The lowest BCUT2D eigenvalue weighted by molar-refractivity contribution is -0.0678. The molecule has 30 heavy (non-hydrogen) atoms. The maximum absolute atomic E-state index is 12.0. The molecule has 4 rings (SSSR count). The van der Waals surface area contributed by atoms with Crippen LogP contribution in [-0.2, 0) is 6.42 Å². The van der Waals surface area contributed by atoms with Gasteiger partial charge in [-0.2, -0.15) is 0 Å². The molecule has 0 spiro atoms. The molecule has 3 heteroatoms. The minimum Gasteiger partial charge on any atom is -0.388 e.